The Hall–Kier alpha value is -1.61. The summed E-state index contributed by atoms with van der Waals surface area (Å²) in [5.74, 6) is 0. The Morgan fingerprint density at radius 1 is 1.12 bits per heavy atom. The summed E-state index contributed by atoms with van der Waals surface area (Å²) < 4.78 is 0.764. The highest BCUT2D eigenvalue weighted by Crippen LogP contribution is 2.31. The summed E-state index contributed by atoms with van der Waals surface area (Å²) in [5, 5.41) is 7.27. The van der Waals surface area contributed by atoms with Crippen molar-refractivity contribution in [2.24, 2.45) is 0 Å². The van der Waals surface area contributed by atoms with Gasteiger partial charge in [0.25, 0.3) is 0 Å². The maximum absolute atomic E-state index is 4.17. The predicted octanol–water partition coefficient (Wildman–Crippen LogP) is 2.58. The number of nitrogens with zero attached hydrogens (tertiary/aromatic N) is 2. The zero-order valence-electron chi connectivity index (χ0n) is 10.3. The van der Waals surface area contributed by atoms with E-state index >= 15 is 0 Å². The number of aromatic amines is 1. The van der Waals surface area contributed by atoms with E-state index in [1.165, 1.54) is 16.8 Å². The van der Waals surface area contributed by atoms with E-state index in [2.05, 4.69) is 62.5 Å². The lowest BCUT2D eigenvalue weighted by Crippen LogP contribution is -2.34. The van der Waals surface area contributed by atoms with Gasteiger partial charge in [-0.1, -0.05) is 24.3 Å². The van der Waals surface area contributed by atoms with Crippen molar-refractivity contribution in [2.75, 3.05) is 21.1 Å². The minimum atomic E-state index is 0.764. The van der Waals surface area contributed by atoms with Gasteiger partial charge in [0.2, 0.25) is 0 Å². The molecular weight excluding hydrogens is 198 g/mol. The molecule has 0 saturated carbocycles. The number of aryl methyl sites for hydroxylation is 1. The highest BCUT2D eigenvalue weighted by Gasteiger charge is 2.21. The second-order valence-electron chi connectivity index (χ2n) is 4.96. The molecular formula is C13H18N3+. The van der Waals surface area contributed by atoms with Gasteiger partial charge in [0.15, 0.2) is 5.69 Å². The Bertz CT molecular complexity index is 492. The van der Waals surface area contributed by atoms with Crippen molar-refractivity contribution in [1.82, 2.24) is 14.7 Å². The fourth-order valence-corrected chi connectivity index (χ4v) is 1.84. The van der Waals surface area contributed by atoms with Gasteiger partial charge in [-0.3, -0.25) is 9.58 Å². The quantitative estimate of drug-likeness (QED) is 0.768. The summed E-state index contributed by atoms with van der Waals surface area (Å²) in [4.78, 5) is 0. The van der Waals surface area contributed by atoms with Gasteiger partial charge in [0.05, 0.1) is 21.1 Å². The monoisotopic (exact) mass is 216 g/mol. The number of nitrogens with one attached hydrogen (secondary N) is 1. The Kier molecular flexibility index (Phi) is 2.56. The van der Waals surface area contributed by atoms with E-state index in [9.17, 15) is 0 Å². The molecule has 0 aliphatic heterocycles. The summed E-state index contributed by atoms with van der Waals surface area (Å²) in [5.41, 5.74) is 4.81. The van der Waals surface area contributed by atoms with Crippen LogP contribution in [0.25, 0.3) is 11.3 Å². The van der Waals surface area contributed by atoms with Crippen LogP contribution < -0.4 is 4.48 Å². The van der Waals surface area contributed by atoms with Crippen molar-refractivity contribution in [1.29, 1.82) is 0 Å². The summed E-state index contributed by atoms with van der Waals surface area (Å²) in [6, 6.07) is 8.36. The van der Waals surface area contributed by atoms with Crippen molar-refractivity contribution in [3.63, 3.8) is 0 Å². The van der Waals surface area contributed by atoms with E-state index in [0.717, 1.165) is 10.2 Å². The van der Waals surface area contributed by atoms with E-state index in [1.807, 2.05) is 6.20 Å². The van der Waals surface area contributed by atoms with E-state index in [0.29, 0.717) is 0 Å². The van der Waals surface area contributed by atoms with Crippen molar-refractivity contribution < 1.29 is 0 Å². The van der Waals surface area contributed by atoms with Crippen LogP contribution in [0, 0.1) is 6.92 Å². The summed E-state index contributed by atoms with van der Waals surface area (Å²) in [6.45, 7) is 2.12. The average molecular weight is 216 g/mol. The fraction of sp³-hybridized carbons (Fsp3) is 0.308. The molecule has 1 N–H and O–H groups in total. The number of hydrogen-bond donors (Lipinski definition) is 1. The molecule has 2 aromatic rings. The minimum absolute atomic E-state index is 0.764. The third-order valence-corrected chi connectivity index (χ3v) is 2.76. The molecule has 3 heteroatoms. The van der Waals surface area contributed by atoms with E-state index in [1.54, 1.807) is 0 Å². The maximum atomic E-state index is 4.17. The standard InChI is InChI=1S/C13H18N3/c1-10-7-5-6-8-11(10)13-12(9-14-15-13)16(2,3)4/h5-9H,1-4H3,(H,14,15)/q+1. The first-order valence-electron chi connectivity index (χ1n) is 5.41. The number of quaternary nitrogens is 1. The number of hydrogen-bond acceptors (Lipinski definition) is 1. The number of H-pyrrole nitrogens is 1. The molecule has 1 aromatic carbocycles. The van der Waals surface area contributed by atoms with Crippen LogP contribution in [0.1, 0.15) is 5.56 Å². The summed E-state index contributed by atoms with van der Waals surface area (Å²) >= 11 is 0. The van der Waals surface area contributed by atoms with Gasteiger partial charge < -0.3 is 0 Å². The molecule has 0 fully saturated rings. The highest BCUT2D eigenvalue weighted by atomic mass is 15.3. The van der Waals surface area contributed by atoms with E-state index in [4.69, 9.17) is 0 Å². The van der Waals surface area contributed by atoms with Gasteiger partial charge in [-0.05, 0) is 12.5 Å². The first-order chi connectivity index (χ1) is 7.50. The normalized spacial score (nSPS) is 11.8. The van der Waals surface area contributed by atoms with Crippen LogP contribution in [0.3, 0.4) is 0 Å². The van der Waals surface area contributed by atoms with Gasteiger partial charge >= 0.3 is 0 Å². The van der Waals surface area contributed by atoms with Crippen LogP contribution in [0.5, 0.6) is 0 Å². The number of rotatable bonds is 2. The zero-order valence-corrected chi connectivity index (χ0v) is 10.3. The summed E-state index contributed by atoms with van der Waals surface area (Å²) in [7, 11) is 6.44. The topological polar surface area (TPSA) is 28.7 Å². The molecule has 0 unspecified atom stereocenters. The Labute approximate surface area is 96.3 Å². The first-order valence-corrected chi connectivity index (χ1v) is 5.41. The van der Waals surface area contributed by atoms with Gasteiger partial charge in [-0.15, -0.1) is 0 Å². The molecule has 16 heavy (non-hydrogen) atoms. The Balaban J connectivity index is 2.58. The third-order valence-electron chi connectivity index (χ3n) is 2.76. The minimum Gasteiger partial charge on any atom is -0.295 e. The molecule has 1 heterocycles. The molecule has 3 nitrogen and oxygen atoms in total. The SMILES string of the molecule is Cc1ccccc1-c1[nH]ncc1[N+](C)(C)C. The van der Waals surface area contributed by atoms with Crippen LogP contribution in [-0.2, 0) is 0 Å². The molecule has 0 aliphatic carbocycles. The second kappa shape index (κ2) is 3.76. The van der Waals surface area contributed by atoms with Crippen LogP contribution in [0.2, 0.25) is 0 Å². The first kappa shape index (κ1) is 10.9. The third kappa shape index (κ3) is 1.86. The zero-order chi connectivity index (χ0) is 11.8. The van der Waals surface area contributed by atoms with Gasteiger partial charge in [0.1, 0.15) is 11.9 Å². The predicted molar refractivity (Wildman–Crippen MR) is 68.3 cm³/mol. The molecule has 0 saturated heterocycles. The fourth-order valence-electron chi connectivity index (χ4n) is 1.84. The van der Waals surface area contributed by atoms with E-state index in [-0.39, 0.29) is 0 Å². The molecule has 0 bridgehead atoms. The maximum Gasteiger partial charge on any atom is 0.178 e. The molecule has 2 rings (SSSR count). The van der Waals surface area contributed by atoms with Crippen molar-refractivity contribution in [2.45, 2.75) is 6.92 Å². The smallest absolute Gasteiger partial charge is 0.178 e. The van der Waals surface area contributed by atoms with Crippen molar-refractivity contribution in [3.8, 4) is 11.3 Å². The lowest BCUT2D eigenvalue weighted by atomic mass is 10.0. The molecule has 84 valence electrons. The Morgan fingerprint density at radius 2 is 1.81 bits per heavy atom. The molecule has 0 radical (unpaired) electrons. The van der Waals surface area contributed by atoms with E-state index < -0.39 is 0 Å². The van der Waals surface area contributed by atoms with Crippen LogP contribution in [0.4, 0.5) is 5.69 Å². The molecule has 0 atom stereocenters. The van der Waals surface area contributed by atoms with Crippen LogP contribution in [0.15, 0.2) is 30.5 Å². The van der Waals surface area contributed by atoms with Gasteiger partial charge in [-0.2, -0.15) is 5.10 Å². The van der Waals surface area contributed by atoms with Crippen LogP contribution in [-0.4, -0.2) is 31.3 Å². The lowest BCUT2D eigenvalue weighted by Gasteiger charge is -2.23. The van der Waals surface area contributed by atoms with Crippen molar-refractivity contribution >= 4 is 5.69 Å². The van der Waals surface area contributed by atoms with Gasteiger partial charge in [-0.25, -0.2) is 0 Å². The Morgan fingerprint density at radius 3 is 2.44 bits per heavy atom. The summed E-state index contributed by atoms with van der Waals surface area (Å²) in [6.07, 6.45) is 1.90. The average Bonchev–Trinajstić information content (AvgIpc) is 2.66. The largest absolute Gasteiger partial charge is 0.295 e. The second-order valence-corrected chi connectivity index (χ2v) is 4.96. The molecule has 0 amide bonds. The molecule has 1 aromatic heterocycles. The lowest BCUT2D eigenvalue weighted by molar-refractivity contribution is 0.488. The number of aromatic nitrogens is 2. The highest BCUT2D eigenvalue weighted by molar-refractivity contribution is 5.74. The molecule has 0 aliphatic rings. The molecule has 0 spiro atoms. The number of benzene rings is 1. The van der Waals surface area contributed by atoms with Crippen molar-refractivity contribution in [3.05, 3.63) is 36.0 Å². The van der Waals surface area contributed by atoms with Crippen LogP contribution >= 0.6 is 0 Å². The van der Waals surface area contributed by atoms with Gasteiger partial charge in [0, 0.05) is 5.56 Å².